The number of anilines is 1. The van der Waals surface area contributed by atoms with Gasteiger partial charge in [0.15, 0.2) is 22.9 Å². The Morgan fingerprint density at radius 1 is 1.07 bits per heavy atom. The summed E-state index contributed by atoms with van der Waals surface area (Å²) in [4.78, 5) is 30.0. The van der Waals surface area contributed by atoms with Crippen molar-refractivity contribution in [1.29, 1.82) is 0 Å². The second kappa shape index (κ2) is 7.39. The fourth-order valence-corrected chi connectivity index (χ4v) is 4.16. The molecule has 3 heterocycles. The summed E-state index contributed by atoms with van der Waals surface area (Å²) < 4.78 is 16.0. The average Bonchev–Trinajstić information content (AvgIpc) is 3.32. The van der Waals surface area contributed by atoms with E-state index in [4.69, 9.17) is 14.2 Å². The Balaban J connectivity index is 1.42. The second-order valence-corrected chi connectivity index (χ2v) is 7.65. The molecule has 2 aromatic carbocycles. The van der Waals surface area contributed by atoms with Gasteiger partial charge in [-0.25, -0.2) is 0 Å². The number of hydrogen-bond donors (Lipinski definition) is 1. The summed E-state index contributed by atoms with van der Waals surface area (Å²) in [6.07, 6.45) is -0.345. The monoisotopic (exact) mass is 410 g/mol. The third-order valence-corrected chi connectivity index (χ3v) is 5.80. The van der Waals surface area contributed by atoms with Crippen molar-refractivity contribution in [3.8, 4) is 11.5 Å². The van der Waals surface area contributed by atoms with E-state index in [0.29, 0.717) is 61.3 Å². The number of hydrogen-bond acceptors (Lipinski definition) is 7. The molecule has 0 unspecified atom stereocenters. The highest BCUT2D eigenvalue weighted by Gasteiger charge is 2.51. The molecule has 5 rings (SSSR count). The molecule has 1 fully saturated rings. The van der Waals surface area contributed by atoms with Crippen molar-refractivity contribution >= 4 is 17.4 Å². The molecule has 156 valence electrons. The summed E-state index contributed by atoms with van der Waals surface area (Å²) in [5.74, 6) is 0.237. The first kappa shape index (κ1) is 19.0. The number of ketones is 1. The SMILES string of the molecule is O=C(C[C@]1(O)C(=O)N(CN2CCOCC2)c2ccccc21)c1ccc2c(c1)OCO2. The molecule has 1 amide bonds. The van der Waals surface area contributed by atoms with Crippen LogP contribution in [0.2, 0.25) is 0 Å². The van der Waals surface area contributed by atoms with E-state index in [1.54, 1.807) is 41.3 Å². The van der Waals surface area contributed by atoms with Crippen LogP contribution in [0.3, 0.4) is 0 Å². The summed E-state index contributed by atoms with van der Waals surface area (Å²) >= 11 is 0. The Kier molecular flexibility index (Phi) is 4.69. The molecule has 2 aromatic rings. The Bertz CT molecular complexity index is 1000. The molecule has 30 heavy (non-hydrogen) atoms. The summed E-state index contributed by atoms with van der Waals surface area (Å²) in [5.41, 5.74) is -0.451. The summed E-state index contributed by atoms with van der Waals surface area (Å²) in [5, 5.41) is 11.4. The van der Waals surface area contributed by atoms with Crippen molar-refractivity contribution in [2.45, 2.75) is 12.0 Å². The lowest BCUT2D eigenvalue weighted by atomic mass is 9.88. The third-order valence-electron chi connectivity index (χ3n) is 5.80. The first-order valence-corrected chi connectivity index (χ1v) is 9.93. The van der Waals surface area contributed by atoms with Crippen LogP contribution in [0.15, 0.2) is 42.5 Å². The highest BCUT2D eigenvalue weighted by molar-refractivity contribution is 6.10. The Hall–Kier alpha value is -2.94. The quantitative estimate of drug-likeness (QED) is 0.748. The van der Waals surface area contributed by atoms with Gasteiger partial charge < -0.3 is 19.3 Å². The molecule has 0 saturated carbocycles. The predicted molar refractivity (Wildman–Crippen MR) is 107 cm³/mol. The number of carbonyl (C=O) groups is 2. The number of rotatable bonds is 5. The number of nitrogens with zero attached hydrogens (tertiary/aromatic N) is 2. The van der Waals surface area contributed by atoms with Gasteiger partial charge in [-0.15, -0.1) is 0 Å². The van der Waals surface area contributed by atoms with Crippen LogP contribution in [0.4, 0.5) is 5.69 Å². The minimum absolute atomic E-state index is 0.110. The van der Waals surface area contributed by atoms with Crippen molar-refractivity contribution in [2.75, 3.05) is 44.7 Å². The van der Waals surface area contributed by atoms with Crippen LogP contribution in [0.1, 0.15) is 22.3 Å². The van der Waals surface area contributed by atoms with E-state index in [1.165, 1.54) is 0 Å². The van der Waals surface area contributed by atoms with Crippen LogP contribution in [-0.2, 0) is 15.1 Å². The van der Waals surface area contributed by atoms with Gasteiger partial charge in [-0.3, -0.25) is 19.4 Å². The maximum atomic E-state index is 13.3. The largest absolute Gasteiger partial charge is 0.454 e. The van der Waals surface area contributed by atoms with Gasteiger partial charge in [0, 0.05) is 24.2 Å². The van der Waals surface area contributed by atoms with Gasteiger partial charge in [0.1, 0.15) is 0 Å². The second-order valence-electron chi connectivity index (χ2n) is 7.65. The maximum absolute atomic E-state index is 13.3. The number of carbonyl (C=O) groups excluding carboxylic acids is 2. The van der Waals surface area contributed by atoms with E-state index in [1.807, 2.05) is 6.07 Å². The van der Waals surface area contributed by atoms with Crippen LogP contribution < -0.4 is 14.4 Å². The van der Waals surface area contributed by atoms with Crippen molar-refractivity contribution in [3.05, 3.63) is 53.6 Å². The molecular weight excluding hydrogens is 388 g/mol. The molecule has 0 aliphatic carbocycles. The van der Waals surface area contributed by atoms with E-state index in [2.05, 4.69) is 4.90 Å². The van der Waals surface area contributed by atoms with Crippen molar-refractivity contribution in [3.63, 3.8) is 0 Å². The molecule has 8 nitrogen and oxygen atoms in total. The molecule has 3 aliphatic heterocycles. The van der Waals surface area contributed by atoms with Gasteiger partial charge in [0.2, 0.25) is 6.79 Å². The fourth-order valence-electron chi connectivity index (χ4n) is 4.16. The van der Waals surface area contributed by atoms with Gasteiger partial charge in [-0.2, -0.15) is 0 Å². The highest BCUT2D eigenvalue weighted by atomic mass is 16.7. The maximum Gasteiger partial charge on any atom is 0.265 e. The minimum atomic E-state index is -1.91. The first-order chi connectivity index (χ1) is 14.6. The zero-order valence-electron chi connectivity index (χ0n) is 16.4. The number of fused-ring (bicyclic) bond motifs is 2. The Morgan fingerprint density at radius 2 is 1.83 bits per heavy atom. The molecule has 0 aromatic heterocycles. The summed E-state index contributed by atoms with van der Waals surface area (Å²) in [7, 11) is 0. The van der Waals surface area contributed by atoms with Crippen molar-refractivity contribution in [2.24, 2.45) is 0 Å². The van der Waals surface area contributed by atoms with Gasteiger partial charge in [0.05, 0.1) is 32.0 Å². The third kappa shape index (κ3) is 3.13. The van der Waals surface area contributed by atoms with Crippen LogP contribution in [0, 0.1) is 0 Å². The molecule has 8 heteroatoms. The highest BCUT2D eigenvalue weighted by Crippen LogP contribution is 2.43. The Morgan fingerprint density at radius 3 is 2.67 bits per heavy atom. The van der Waals surface area contributed by atoms with E-state index in [9.17, 15) is 14.7 Å². The predicted octanol–water partition coefficient (Wildman–Crippen LogP) is 1.51. The van der Waals surface area contributed by atoms with Gasteiger partial charge in [0.25, 0.3) is 5.91 Å². The number of ether oxygens (including phenoxy) is 3. The van der Waals surface area contributed by atoms with Gasteiger partial charge in [-0.1, -0.05) is 18.2 Å². The lowest BCUT2D eigenvalue weighted by Gasteiger charge is -2.31. The molecular formula is C22H22N2O6. The number of aliphatic hydroxyl groups is 1. The van der Waals surface area contributed by atoms with Crippen LogP contribution >= 0.6 is 0 Å². The average molecular weight is 410 g/mol. The van der Waals surface area contributed by atoms with Crippen molar-refractivity contribution in [1.82, 2.24) is 4.90 Å². The van der Waals surface area contributed by atoms with Crippen LogP contribution in [-0.4, -0.2) is 61.5 Å². The lowest BCUT2D eigenvalue weighted by Crippen LogP contribution is -2.49. The number of Topliss-reactive ketones (excluding diaryl/α,β-unsaturated/α-hetero) is 1. The minimum Gasteiger partial charge on any atom is -0.454 e. The normalized spacial score (nSPS) is 23.0. The molecule has 1 saturated heterocycles. The standard InChI is InChI=1S/C22H22N2O6/c25-18(15-5-6-19-20(11-15)30-14-29-19)12-22(27)16-3-1-2-4-17(16)24(21(22)26)13-23-7-9-28-10-8-23/h1-6,11,27H,7-10,12-14H2/t22-/m1/s1. The number of amides is 1. The van der Waals surface area contributed by atoms with E-state index in [-0.39, 0.29) is 19.0 Å². The molecule has 0 radical (unpaired) electrons. The first-order valence-electron chi connectivity index (χ1n) is 9.93. The number of morpholine rings is 1. The fraction of sp³-hybridized carbons (Fsp3) is 0.364. The van der Waals surface area contributed by atoms with Crippen LogP contribution in [0.25, 0.3) is 0 Å². The lowest BCUT2D eigenvalue weighted by molar-refractivity contribution is -0.136. The van der Waals surface area contributed by atoms with E-state index >= 15 is 0 Å². The molecule has 1 N–H and O–H groups in total. The van der Waals surface area contributed by atoms with E-state index in [0.717, 1.165) is 0 Å². The Labute approximate surface area is 173 Å². The number of para-hydroxylation sites is 1. The van der Waals surface area contributed by atoms with Gasteiger partial charge in [-0.05, 0) is 24.3 Å². The topological polar surface area (TPSA) is 88.5 Å². The van der Waals surface area contributed by atoms with Crippen molar-refractivity contribution < 1.29 is 28.9 Å². The van der Waals surface area contributed by atoms with Crippen LogP contribution in [0.5, 0.6) is 11.5 Å². The summed E-state index contributed by atoms with van der Waals surface area (Å²) in [6.45, 7) is 3.09. The molecule has 0 spiro atoms. The zero-order valence-corrected chi connectivity index (χ0v) is 16.4. The van der Waals surface area contributed by atoms with E-state index < -0.39 is 11.5 Å². The zero-order chi connectivity index (χ0) is 20.7. The van der Waals surface area contributed by atoms with Gasteiger partial charge >= 0.3 is 0 Å². The summed E-state index contributed by atoms with van der Waals surface area (Å²) in [6, 6.07) is 12.0. The molecule has 1 atom stereocenters. The number of benzene rings is 2. The molecule has 0 bridgehead atoms. The molecule has 3 aliphatic rings. The smallest absolute Gasteiger partial charge is 0.265 e.